The molecule has 4 rings (SSSR count). The zero-order valence-electron chi connectivity index (χ0n) is 15.9. The highest BCUT2D eigenvalue weighted by atomic mass is 16.2. The van der Waals surface area contributed by atoms with Gasteiger partial charge in [0, 0.05) is 51.7 Å². The molecular formula is C21H27N5O. The first kappa shape index (κ1) is 17.8. The number of rotatable bonds is 3. The molecule has 0 aromatic carbocycles. The Morgan fingerprint density at radius 1 is 0.889 bits per heavy atom. The summed E-state index contributed by atoms with van der Waals surface area (Å²) in [6.45, 7) is 7.62. The van der Waals surface area contributed by atoms with Crippen LogP contribution in [0, 0.1) is 5.92 Å². The van der Waals surface area contributed by atoms with Crippen LogP contribution in [0.1, 0.15) is 30.1 Å². The van der Waals surface area contributed by atoms with Gasteiger partial charge in [-0.2, -0.15) is 0 Å². The normalized spacial score (nSPS) is 18.6. The summed E-state index contributed by atoms with van der Waals surface area (Å²) in [7, 11) is 0. The maximum Gasteiger partial charge on any atom is 0.255 e. The summed E-state index contributed by atoms with van der Waals surface area (Å²) in [6, 6.07) is 9.92. The van der Waals surface area contributed by atoms with E-state index in [4.69, 9.17) is 0 Å². The van der Waals surface area contributed by atoms with Crippen LogP contribution in [-0.4, -0.2) is 60.0 Å². The number of piperidine rings is 1. The third-order valence-electron chi connectivity index (χ3n) is 5.64. The first-order chi connectivity index (χ1) is 13.2. The van der Waals surface area contributed by atoms with Gasteiger partial charge in [0.15, 0.2) is 0 Å². The third-order valence-corrected chi connectivity index (χ3v) is 5.64. The molecule has 2 aromatic rings. The lowest BCUT2D eigenvalue weighted by Gasteiger charge is -2.36. The molecule has 6 nitrogen and oxygen atoms in total. The van der Waals surface area contributed by atoms with E-state index in [9.17, 15) is 4.79 Å². The minimum absolute atomic E-state index is 0.112. The highest BCUT2D eigenvalue weighted by molar-refractivity contribution is 5.94. The lowest BCUT2D eigenvalue weighted by molar-refractivity contribution is 0.0697. The number of piperazine rings is 1. The Morgan fingerprint density at radius 2 is 1.56 bits per heavy atom. The number of likely N-dealkylation sites (tertiary alicyclic amines) is 1. The fraction of sp³-hybridized carbons (Fsp3) is 0.476. The highest BCUT2D eigenvalue weighted by Gasteiger charge is 2.23. The second-order valence-electron chi connectivity index (χ2n) is 7.54. The third kappa shape index (κ3) is 4.04. The topological polar surface area (TPSA) is 52.6 Å². The Labute approximate surface area is 160 Å². The highest BCUT2D eigenvalue weighted by Crippen LogP contribution is 2.20. The Bertz CT molecular complexity index is 748. The van der Waals surface area contributed by atoms with Gasteiger partial charge in [-0.1, -0.05) is 13.0 Å². The molecule has 2 aliphatic rings. The van der Waals surface area contributed by atoms with E-state index in [1.54, 1.807) is 6.20 Å². The van der Waals surface area contributed by atoms with Crippen LogP contribution in [0.3, 0.4) is 0 Å². The largest absolute Gasteiger partial charge is 0.353 e. The van der Waals surface area contributed by atoms with Crippen LogP contribution in [-0.2, 0) is 0 Å². The zero-order valence-corrected chi connectivity index (χ0v) is 15.9. The number of carbonyl (C=O) groups is 1. The number of hydrogen-bond donors (Lipinski definition) is 0. The molecule has 0 unspecified atom stereocenters. The molecule has 2 saturated heterocycles. The van der Waals surface area contributed by atoms with Crippen molar-refractivity contribution in [2.75, 3.05) is 49.1 Å². The average molecular weight is 365 g/mol. The Hall–Kier alpha value is -2.63. The summed E-state index contributed by atoms with van der Waals surface area (Å²) < 4.78 is 0. The van der Waals surface area contributed by atoms with Gasteiger partial charge in [0.25, 0.3) is 5.91 Å². The molecule has 0 aliphatic carbocycles. The quantitative estimate of drug-likeness (QED) is 0.837. The van der Waals surface area contributed by atoms with Crippen LogP contribution in [0.5, 0.6) is 0 Å². The molecule has 0 radical (unpaired) electrons. The van der Waals surface area contributed by atoms with Crippen molar-refractivity contribution >= 4 is 17.5 Å². The van der Waals surface area contributed by atoms with Crippen LogP contribution in [0.2, 0.25) is 0 Å². The molecule has 2 fully saturated rings. The summed E-state index contributed by atoms with van der Waals surface area (Å²) in [5, 5.41) is 0. The van der Waals surface area contributed by atoms with Crippen molar-refractivity contribution in [3.63, 3.8) is 0 Å². The lowest BCUT2D eigenvalue weighted by atomic mass is 9.99. The molecule has 0 atom stereocenters. The van der Waals surface area contributed by atoms with Crippen molar-refractivity contribution in [1.82, 2.24) is 14.9 Å². The summed E-state index contributed by atoms with van der Waals surface area (Å²) in [6.07, 6.45) is 5.76. The molecule has 0 saturated carbocycles. The molecule has 1 amide bonds. The van der Waals surface area contributed by atoms with Crippen LogP contribution >= 0.6 is 0 Å². The van der Waals surface area contributed by atoms with E-state index in [0.29, 0.717) is 5.56 Å². The number of carbonyl (C=O) groups excluding carboxylic acids is 1. The van der Waals surface area contributed by atoms with E-state index in [2.05, 4.69) is 32.8 Å². The number of nitrogens with zero attached hydrogens (tertiary/aromatic N) is 5. The van der Waals surface area contributed by atoms with Crippen LogP contribution < -0.4 is 9.80 Å². The van der Waals surface area contributed by atoms with E-state index < -0.39 is 0 Å². The number of anilines is 2. The zero-order chi connectivity index (χ0) is 18.6. The molecule has 0 spiro atoms. The van der Waals surface area contributed by atoms with Gasteiger partial charge in [-0.3, -0.25) is 4.79 Å². The Kier molecular flexibility index (Phi) is 5.23. The molecule has 2 aromatic heterocycles. The van der Waals surface area contributed by atoms with Gasteiger partial charge < -0.3 is 14.7 Å². The van der Waals surface area contributed by atoms with E-state index in [-0.39, 0.29) is 5.91 Å². The lowest BCUT2D eigenvalue weighted by Crippen LogP contribution is -2.47. The van der Waals surface area contributed by atoms with Gasteiger partial charge in [0.2, 0.25) is 0 Å². The fourth-order valence-electron chi connectivity index (χ4n) is 3.80. The molecule has 4 heterocycles. The molecule has 0 bridgehead atoms. The van der Waals surface area contributed by atoms with Gasteiger partial charge in [0.05, 0.1) is 5.56 Å². The maximum absolute atomic E-state index is 12.7. The molecule has 2 aliphatic heterocycles. The number of hydrogen-bond acceptors (Lipinski definition) is 5. The second-order valence-corrected chi connectivity index (χ2v) is 7.54. The van der Waals surface area contributed by atoms with Crippen molar-refractivity contribution in [1.29, 1.82) is 0 Å². The predicted octanol–water partition coefficient (Wildman–Crippen LogP) is 2.68. The first-order valence-electron chi connectivity index (χ1n) is 9.87. The smallest absolute Gasteiger partial charge is 0.255 e. The second kappa shape index (κ2) is 7.94. The number of pyridine rings is 2. The van der Waals surface area contributed by atoms with Gasteiger partial charge in [-0.25, -0.2) is 9.97 Å². The molecule has 142 valence electrons. The minimum Gasteiger partial charge on any atom is -0.353 e. The van der Waals surface area contributed by atoms with Gasteiger partial charge in [-0.05, 0) is 43.0 Å². The van der Waals surface area contributed by atoms with Crippen molar-refractivity contribution in [2.45, 2.75) is 19.8 Å². The van der Waals surface area contributed by atoms with E-state index in [1.807, 2.05) is 35.4 Å². The fourth-order valence-corrected chi connectivity index (χ4v) is 3.80. The molecule has 27 heavy (non-hydrogen) atoms. The summed E-state index contributed by atoms with van der Waals surface area (Å²) in [4.78, 5) is 28.2. The van der Waals surface area contributed by atoms with Crippen LogP contribution in [0.25, 0.3) is 0 Å². The Morgan fingerprint density at radius 3 is 2.11 bits per heavy atom. The van der Waals surface area contributed by atoms with Crippen molar-refractivity contribution in [3.05, 3.63) is 48.3 Å². The van der Waals surface area contributed by atoms with Gasteiger partial charge >= 0.3 is 0 Å². The van der Waals surface area contributed by atoms with Crippen molar-refractivity contribution in [3.8, 4) is 0 Å². The SMILES string of the molecule is CC1CCN(C(=O)c2ccc(N3CCN(c4ccccn4)CC3)nc2)CC1. The first-order valence-corrected chi connectivity index (χ1v) is 9.87. The predicted molar refractivity (Wildman–Crippen MR) is 107 cm³/mol. The minimum atomic E-state index is 0.112. The van der Waals surface area contributed by atoms with E-state index in [1.165, 1.54) is 0 Å². The van der Waals surface area contributed by atoms with Crippen LogP contribution in [0.4, 0.5) is 11.6 Å². The van der Waals surface area contributed by atoms with Crippen LogP contribution in [0.15, 0.2) is 42.7 Å². The molecule has 0 N–H and O–H groups in total. The van der Waals surface area contributed by atoms with Crippen molar-refractivity contribution < 1.29 is 4.79 Å². The molecular weight excluding hydrogens is 338 g/mol. The molecule has 6 heteroatoms. The van der Waals surface area contributed by atoms with Crippen molar-refractivity contribution in [2.24, 2.45) is 5.92 Å². The summed E-state index contributed by atoms with van der Waals surface area (Å²) in [5.41, 5.74) is 0.695. The Balaban J connectivity index is 1.35. The summed E-state index contributed by atoms with van der Waals surface area (Å²) in [5.74, 6) is 2.81. The van der Waals surface area contributed by atoms with Gasteiger partial charge in [0.1, 0.15) is 11.6 Å². The average Bonchev–Trinajstić information content (AvgIpc) is 2.75. The maximum atomic E-state index is 12.7. The van der Waals surface area contributed by atoms with Gasteiger partial charge in [-0.15, -0.1) is 0 Å². The monoisotopic (exact) mass is 365 g/mol. The number of amides is 1. The van der Waals surface area contributed by atoms with E-state index >= 15 is 0 Å². The summed E-state index contributed by atoms with van der Waals surface area (Å²) >= 11 is 0. The number of aromatic nitrogens is 2. The standard InChI is InChI=1S/C21H27N5O/c1-17-7-10-26(11-8-17)21(27)18-5-6-20(23-16-18)25-14-12-24(13-15-25)19-4-2-3-9-22-19/h2-6,9,16-17H,7-8,10-15H2,1H3. The van der Waals surface area contributed by atoms with E-state index in [0.717, 1.165) is 69.7 Å².